The average Bonchev–Trinajstić information content (AvgIpc) is 2.66. The van der Waals surface area contributed by atoms with Gasteiger partial charge in [-0.3, -0.25) is 23.4 Å². The van der Waals surface area contributed by atoms with Gasteiger partial charge in [0, 0.05) is 12.3 Å². The molecule has 21 heavy (non-hydrogen) atoms. The second-order valence-electron chi connectivity index (χ2n) is 4.26. The van der Waals surface area contributed by atoms with Crippen molar-refractivity contribution in [2.24, 2.45) is 0 Å². The molecule has 1 saturated heterocycles. The third kappa shape index (κ3) is 3.30. The van der Waals surface area contributed by atoms with Gasteiger partial charge in [0.2, 0.25) is 0 Å². The molecule has 0 bridgehead atoms. The lowest BCUT2D eigenvalue weighted by molar-refractivity contribution is -0.155. The van der Waals surface area contributed by atoms with Crippen LogP contribution in [0.4, 0.5) is 0 Å². The number of hydrogen-bond acceptors (Lipinski definition) is 8. The molecular formula is C9H13N2O9P. The van der Waals surface area contributed by atoms with E-state index in [0.717, 1.165) is 16.8 Å². The summed E-state index contributed by atoms with van der Waals surface area (Å²) in [7, 11) is -3.49. The summed E-state index contributed by atoms with van der Waals surface area (Å²) in [6.07, 6.45) is -7.21. The van der Waals surface area contributed by atoms with Gasteiger partial charge in [0.1, 0.15) is 18.3 Å². The van der Waals surface area contributed by atoms with E-state index in [2.05, 4.69) is 4.52 Å². The topological polar surface area (TPSA) is 171 Å². The van der Waals surface area contributed by atoms with Crippen LogP contribution in [0.3, 0.4) is 0 Å². The van der Waals surface area contributed by atoms with E-state index in [9.17, 15) is 29.5 Å². The maximum Gasteiger partial charge on any atom is 0.330 e. The maximum atomic E-state index is 11.6. The van der Waals surface area contributed by atoms with E-state index >= 15 is 0 Å². The molecule has 0 radical (unpaired) electrons. The van der Waals surface area contributed by atoms with Gasteiger partial charge >= 0.3 is 13.9 Å². The van der Waals surface area contributed by atoms with Crippen LogP contribution in [-0.2, 0) is 13.8 Å². The Bertz CT molecular complexity index is 643. The molecule has 1 aliphatic heterocycles. The molecule has 1 aromatic heterocycles. The van der Waals surface area contributed by atoms with E-state index in [1.807, 2.05) is 4.98 Å². The smallest absolute Gasteiger partial charge is 0.330 e. The molecule has 0 spiro atoms. The largest absolute Gasteiger partial charge is 0.387 e. The molecule has 5 N–H and O–H groups in total. The van der Waals surface area contributed by atoms with E-state index < -0.39 is 50.3 Å². The highest BCUT2D eigenvalue weighted by molar-refractivity contribution is 7.32. The molecule has 12 heteroatoms. The Morgan fingerprint density at radius 2 is 2.05 bits per heavy atom. The van der Waals surface area contributed by atoms with E-state index in [1.54, 1.807) is 0 Å². The van der Waals surface area contributed by atoms with Crippen LogP contribution in [0.25, 0.3) is 0 Å². The minimum atomic E-state index is -3.49. The second kappa shape index (κ2) is 6.20. The van der Waals surface area contributed by atoms with Crippen molar-refractivity contribution >= 4 is 8.25 Å². The predicted molar refractivity (Wildman–Crippen MR) is 65.6 cm³/mol. The number of aromatic nitrogens is 2. The molecule has 6 atom stereocenters. The van der Waals surface area contributed by atoms with Gasteiger partial charge in [0.05, 0.1) is 0 Å². The van der Waals surface area contributed by atoms with Crippen molar-refractivity contribution in [3.63, 3.8) is 0 Å². The zero-order valence-corrected chi connectivity index (χ0v) is 11.3. The molecule has 118 valence electrons. The summed E-state index contributed by atoms with van der Waals surface area (Å²) < 4.78 is 20.6. The van der Waals surface area contributed by atoms with Crippen LogP contribution in [-0.4, -0.2) is 54.4 Å². The first-order valence-corrected chi connectivity index (χ1v) is 6.98. The lowest BCUT2D eigenvalue weighted by atomic mass is 10.1. The van der Waals surface area contributed by atoms with Gasteiger partial charge in [0.25, 0.3) is 5.56 Å². The van der Waals surface area contributed by atoms with Gasteiger partial charge in [-0.25, -0.2) is 4.79 Å². The van der Waals surface area contributed by atoms with Crippen molar-refractivity contribution < 1.29 is 34.0 Å². The van der Waals surface area contributed by atoms with E-state index in [0.29, 0.717) is 0 Å². The summed E-state index contributed by atoms with van der Waals surface area (Å²) in [5.41, 5.74) is -1.56. The Hall–Kier alpha value is -1.33. The van der Waals surface area contributed by atoms with Gasteiger partial charge in [-0.15, -0.1) is 0 Å². The Balaban J connectivity index is 2.25. The number of H-pyrrole nitrogens is 1. The number of aliphatic hydroxyl groups is 3. The normalized spacial score (nSPS) is 32.0. The van der Waals surface area contributed by atoms with Crippen LogP contribution in [0.2, 0.25) is 0 Å². The molecule has 0 amide bonds. The van der Waals surface area contributed by atoms with Crippen LogP contribution in [0, 0.1) is 0 Å². The Kier molecular flexibility index (Phi) is 4.74. The number of aliphatic hydroxyl groups excluding tert-OH is 3. The molecule has 0 saturated carbocycles. The van der Waals surface area contributed by atoms with E-state index in [1.165, 1.54) is 0 Å². The van der Waals surface area contributed by atoms with Crippen molar-refractivity contribution in [2.75, 3.05) is 0 Å². The highest BCUT2D eigenvalue weighted by Crippen LogP contribution is 2.32. The van der Waals surface area contributed by atoms with Gasteiger partial charge in [-0.05, 0) is 0 Å². The first kappa shape index (κ1) is 16.0. The monoisotopic (exact) mass is 324 g/mol. The maximum absolute atomic E-state index is 11.6. The number of rotatable bonds is 4. The van der Waals surface area contributed by atoms with Crippen molar-refractivity contribution in [3.05, 3.63) is 33.1 Å². The summed E-state index contributed by atoms with van der Waals surface area (Å²) >= 11 is 0. The standard InChI is InChI=1S/C9H13N2O9P/c12-3-1-2-11(9(16)10-3)7-5(14)4(13)6(19-7)8(15)20-21(17)18/h1-2,4-8,13-15,21H,(H,17,18)(H,10,12,16)/t4-,5+,6-,7+,8?/m0/s1. The zero-order chi connectivity index (χ0) is 15.7. The zero-order valence-electron chi connectivity index (χ0n) is 10.3. The summed E-state index contributed by atoms with van der Waals surface area (Å²) in [6.45, 7) is 0. The summed E-state index contributed by atoms with van der Waals surface area (Å²) in [6, 6.07) is 0.997. The number of hydrogen-bond donors (Lipinski definition) is 5. The van der Waals surface area contributed by atoms with Crippen LogP contribution in [0.1, 0.15) is 6.23 Å². The lowest BCUT2D eigenvalue weighted by Gasteiger charge is -2.19. The second-order valence-corrected chi connectivity index (χ2v) is 5.03. The SMILES string of the molecule is O=c1ccn([C@@H]2O[C@H](C(O)O[PH](=O)O)[C@@H](O)[C@H]2O)c(=O)[nH]1. The third-order valence-corrected chi connectivity index (χ3v) is 3.35. The predicted octanol–water partition coefficient (Wildman–Crippen LogP) is -3.13. The van der Waals surface area contributed by atoms with Crippen molar-refractivity contribution in [1.29, 1.82) is 0 Å². The van der Waals surface area contributed by atoms with Gasteiger partial charge < -0.3 is 24.9 Å². The van der Waals surface area contributed by atoms with Crippen LogP contribution < -0.4 is 11.2 Å². The highest BCUT2D eigenvalue weighted by Gasteiger charge is 2.48. The fourth-order valence-electron chi connectivity index (χ4n) is 1.95. The number of nitrogens with zero attached hydrogens (tertiary/aromatic N) is 1. The first-order chi connectivity index (χ1) is 9.81. The minimum Gasteiger partial charge on any atom is -0.387 e. The lowest BCUT2D eigenvalue weighted by Crippen LogP contribution is -2.39. The highest BCUT2D eigenvalue weighted by atomic mass is 31.1. The number of ether oxygens (including phenoxy) is 1. The fraction of sp³-hybridized carbons (Fsp3) is 0.556. The molecule has 0 aliphatic carbocycles. The third-order valence-electron chi connectivity index (χ3n) is 2.90. The molecule has 1 aromatic rings. The fourth-order valence-corrected chi connectivity index (χ4v) is 2.29. The molecule has 2 rings (SSSR count). The quantitative estimate of drug-likeness (QED) is 0.284. The Labute approximate surface area is 117 Å². The summed E-state index contributed by atoms with van der Waals surface area (Å²) in [4.78, 5) is 33.0. The summed E-state index contributed by atoms with van der Waals surface area (Å²) in [5, 5.41) is 29.1. The molecule has 0 aromatic carbocycles. The first-order valence-electron chi connectivity index (χ1n) is 5.72. The molecule has 2 unspecified atom stereocenters. The van der Waals surface area contributed by atoms with Crippen molar-refractivity contribution in [1.82, 2.24) is 9.55 Å². The van der Waals surface area contributed by atoms with Gasteiger partial charge in [0.15, 0.2) is 12.5 Å². The van der Waals surface area contributed by atoms with Crippen LogP contribution in [0.5, 0.6) is 0 Å². The minimum absolute atomic E-state index is 0.664. The molecule has 1 fully saturated rings. The van der Waals surface area contributed by atoms with Crippen molar-refractivity contribution in [3.8, 4) is 0 Å². The van der Waals surface area contributed by atoms with Crippen LogP contribution >= 0.6 is 8.25 Å². The van der Waals surface area contributed by atoms with E-state index in [-0.39, 0.29) is 0 Å². The van der Waals surface area contributed by atoms with Gasteiger partial charge in [-0.2, -0.15) is 0 Å². The average molecular weight is 324 g/mol. The number of nitrogens with one attached hydrogen (secondary N) is 1. The summed E-state index contributed by atoms with van der Waals surface area (Å²) in [5.74, 6) is 0. The van der Waals surface area contributed by atoms with E-state index in [4.69, 9.17) is 9.63 Å². The Morgan fingerprint density at radius 1 is 1.38 bits per heavy atom. The van der Waals surface area contributed by atoms with Gasteiger partial charge in [-0.1, -0.05) is 0 Å². The number of aromatic amines is 1. The Morgan fingerprint density at radius 3 is 2.62 bits per heavy atom. The molecule has 2 heterocycles. The molecule has 11 nitrogen and oxygen atoms in total. The van der Waals surface area contributed by atoms with Crippen LogP contribution in [0.15, 0.2) is 21.9 Å². The molecule has 1 aliphatic rings. The van der Waals surface area contributed by atoms with Crippen molar-refractivity contribution in [2.45, 2.75) is 30.8 Å². The molecular weight excluding hydrogens is 311 g/mol.